The van der Waals surface area contributed by atoms with Crippen LogP contribution in [0, 0.1) is 0 Å². The number of aryl methyl sites for hydroxylation is 1. The predicted octanol–water partition coefficient (Wildman–Crippen LogP) is 2.18. The van der Waals surface area contributed by atoms with E-state index in [9.17, 15) is 5.11 Å². The summed E-state index contributed by atoms with van der Waals surface area (Å²) >= 11 is 5.96. The number of nitrogens with zero attached hydrogens (tertiary/aromatic N) is 4. The summed E-state index contributed by atoms with van der Waals surface area (Å²) in [5, 5.41) is 14.4. The minimum absolute atomic E-state index is 0.0111. The zero-order chi connectivity index (χ0) is 13.4. The zero-order valence-electron chi connectivity index (χ0n) is 10.2. The number of aliphatic hydroxyl groups is 1. The van der Waals surface area contributed by atoms with Crippen LogP contribution in [0.4, 0.5) is 0 Å². The molecule has 0 unspecified atom stereocenters. The minimum atomic E-state index is -0.0111. The second-order valence-electron chi connectivity index (χ2n) is 4.21. The van der Waals surface area contributed by atoms with E-state index in [1.165, 1.54) is 0 Å². The van der Waals surface area contributed by atoms with Crippen molar-refractivity contribution >= 4 is 22.6 Å². The van der Waals surface area contributed by atoms with Crippen LogP contribution >= 0.6 is 11.6 Å². The quantitative estimate of drug-likeness (QED) is 0.728. The van der Waals surface area contributed by atoms with Crippen molar-refractivity contribution in [2.45, 2.75) is 6.61 Å². The van der Waals surface area contributed by atoms with Crippen molar-refractivity contribution in [3.8, 4) is 11.3 Å². The van der Waals surface area contributed by atoms with Crippen molar-refractivity contribution in [3.05, 3.63) is 41.3 Å². The van der Waals surface area contributed by atoms with Crippen molar-refractivity contribution in [2.24, 2.45) is 7.05 Å². The molecular formula is C13H11ClN4O. The molecule has 0 aliphatic carbocycles. The molecule has 0 saturated heterocycles. The summed E-state index contributed by atoms with van der Waals surface area (Å²) in [6.45, 7) is -0.0111. The number of halogens is 1. The van der Waals surface area contributed by atoms with Crippen LogP contribution in [-0.2, 0) is 13.7 Å². The van der Waals surface area contributed by atoms with Crippen LogP contribution in [0.15, 0.2) is 30.5 Å². The van der Waals surface area contributed by atoms with Gasteiger partial charge in [-0.25, -0.2) is 4.98 Å². The first-order valence-corrected chi connectivity index (χ1v) is 6.12. The highest BCUT2D eigenvalue weighted by Gasteiger charge is 2.12. The maximum atomic E-state index is 9.21. The molecule has 5 nitrogen and oxygen atoms in total. The van der Waals surface area contributed by atoms with Crippen molar-refractivity contribution in [2.75, 3.05) is 0 Å². The first-order chi connectivity index (χ1) is 9.19. The van der Waals surface area contributed by atoms with E-state index in [4.69, 9.17) is 11.6 Å². The summed E-state index contributed by atoms with van der Waals surface area (Å²) in [7, 11) is 1.81. The summed E-state index contributed by atoms with van der Waals surface area (Å²) in [5.74, 6) is 0. The molecule has 0 radical (unpaired) electrons. The Morgan fingerprint density at radius 1 is 1.32 bits per heavy atom. The SMILES string of the molecule is Cn1ncc2c(-c3cccc(CO)c3)nc(Cl)nc21. The van der Waals surface area contributed by atoms with Gasteiger partial charge in [0.05, 0.1) is 23.9 Å². The molecule has 19 heavy (non-hydrogen) atoms. The van der Waals surface area contributed by atoms with Gasteiger partial charge in [-0.05, 0) is 23.2 Å². The summed E-state index contributed by atoms with van der Waals surface area (Å²) < 4.78 is 1.66. The Morgan fingerprint density at radius 2 is 2.16 bits per heavy atom. The molecule has 1 aromatic carbocycles. The average molecular weight is 275 g/mol. The molecule has 6 heteroatoms. The van der Waals surface area contributed by atoms with Gasteiger partial charge in [0.2, 0.25) is 5.28 Å². The van der Waals surface area contributed by atoms with Gasteiger partial charge in [0.25, 0.3) is 0 Å². The third kappa shape index (κ3) is 2.07. The molecule has 0 fully saturated rings. The molecular weight excluding hydrogens is 264 g/mol. The van der Waals surface area contributed by atoms with Gasteiger partial charge in [0.1, 0.15) is 0 Å². The van der Waals surface area contributed by atoms with E-state index >= 15 is 0 Å². The molecule has 3 aromatic rings. The van der Waals surface area contributed by atoms with Crippen LogP contribution in [-0.4, -0.2) is 24.9 Å². The fourth-order valence-corrected chi connectivity index (χ4v) is 2.20. The fourth-order valence-electron chi connectivity index (χ4n) is 2.03. The molecule has 3 rings (SSSR count). The van der Waals surface area contributed by atoms with Gasteiger partial charge in [-0.15, -0.1) is 0 Å². The standard InChI is InChI=1S/C13H11ClN4O/c1-18-12-10(6-15-18)11(16-13(14)17-12)9-4-2-3-8(5-9)7-19/h2-6,19H,7H2,1H3. The van der Waals surface area contributed by atoms with Crippen LogP contribution in [0.5, 0.6) is 0 Å². The smallest absolute Gasteiger partial charge is 0.225 e. The first-order valence-electron chi connectivity index (χ1n) is 5.74. The number of benzene rings is 1. The summed E-state index contributed by atoms with van der Waals surface area (Å²) in [6, 6.07) is 7.53. The van der Waals surface area contributed by atoms with Crippen LogP contribution in [0.25, 0.3) is 22.3 Å². The first kappa shape index (κ1) is 12.1. The van der Waals surface area contributed by atoms with Crippen molar-refractivity contribution in [1.82, 2.24) is 19.7 Å². The van der Waals surface area contributed by atoms with E-state index in [1.54, 1.807) is 17.9 Å². The van der Waals surface area contributed by atoms with Gasteiger partial charge >= 0.3 is 0 Å². The van der Waals surface area contributed by atoms with Crippen LogP contribution < -0.4 is 0 Å². The molecule has 0 atom stereocenters. The molecule has 0 bridgehead atoms. The largest absolute Gasteiger partial charge is 0.392 e. The molecule has 0 aliphatic rings. The van der Waals surface area contributed by atoms with E-state index in [2.05, 4.69) is 15.1 Å². The average Bonchev–Trinajstić information content (AvgIpc) is 2.80. The third-order valence-electron chi connectivity index (χ3n) is 2.95. The lowest BCUT2D eigenvalue weighted by Gasteiger charge is -2.05. The van der Waals surface area contributed by atoms with Gasteiger partial charge in [-0.2, -0.15) is 10.1 Å². The second kappa shape index (κ2) is 4.60. The fraction of sp³-hybridized carbons (Fsp3) is 0.154. The molecule has 0 aliphatic heterocycles. The number of fused-ring (bicyclic) bond motifs is 1. The maximum Gasteiger partial charge on any atom is 0.225 e. The monoisotopic (exact) mass is 274 g/mol. The maximum absolute atomic E-state index is 9.21. The Morgan fingerprint density at radius 3 is 2.95 bits per heavy atom. The topological polar surface area (TPSA) is 63.8 Å². The number of hydrogen-bond donors (Lipinski definition) is 1. The lowest BCUT2D eigenvalue weighted by molar-refractivity contribution is 0.282. The number of aliphatic hydroxyl groups excluding tert-OH is 1. The van der Waals surface area contributed by atoms with Crippen molar-refractivity contribution in [3.63, 3.8) is 0 Å². The van der Waals surface area contributed by atoms with E-state index in [0.29, 0.717) is 5.65 Å². The van der Waals surface area contributed by atoms with Gasteiger partial charge in [0.15, 0.2) is 5.65 Å². The lowest BCUT2D eigenvalue weighted by atomic mass is 10.1. The molecule has 1 N–H and O–H groups in total. The zero-order valence-corrected chi connectivity index (χ0v) is 11.0. The van der Waals surface area contributed by atoms with Crippen molar-refractivity contribution < 1.29 is 5.11 Å². The normalized spacial score (nSPS) is 11.1. The van der Waals surface area contributed by atoms with Crippen LogP contribution in [0.2, 0.25) is 5.28 Å². The number of hydrogen-bond acceptors (Lipinski definition) is 4. The summed E-state index contributed by atoms with van der Waals surface area (Å²) in [6.07, 6.45) is 1.71. The van der Waals surface area contributed by atoms with Crippen molar-refractivity contribution in [1.29, 1.82) is 0 Å². The highest BCUT2D eigenvalue weighted by Crippen LogP contribution is 2.27. The molecule has 96 valence electrons. The minimum Gasteiger partial charge on any atom is -0.392 e. The molecule has 0 amide bonds. The highest BCUT2D eigenvalue weighted by molar-refractivity contribution is 6.28. The van der Waals surface area contributed by atoms with Gasteiger partial charge in [-0.1, -0.05) is 18.2 Å². The Bertz CT molecular complexity index is 753. The van der Waals surface area contributed by atoms with Crippen LogP contribution in [0.3, 0.4) is 0 Å². The number of rotatable bonds is 2. The van der Waals surface area contributed by atoms with E-state index in [0.717, 1.165) is 22.2 Å². The van der Waals surface area contributed by atoms with E-state index < -0.39 is 0 Å². The Balaban J connectivity index is 2.29. The van der Waals surface area contributed by atoms with Gasteiger partial charge in [0, 0.05) is 12.6 Å². The molecule has 0 saturated carbocycles. The Hall–Kier alpha value is -1.98. The predicted molar refractivity (Wildman–Crippen MR) is 72.7 cm³/mol. The van der Waals surface area contributed by atoms with Gasteiger partial charge < -0.3 is 5.11 Å². The Labute approximate surface area is 114 Å². The molecule has 0 spiro atoms. The number of aromatic nitrogens is 4. The molecule has 2 aromatic heterocycles. The highest BCUT2D eigenvalue weighted by atomic mass is 35.5. The van der Waals surface area contributed by atoms with E-state index in [-0.39, 0.29) is 11.9 Å². The second-order valence-corrected chi connectivity index (χ2v) is 4.54. The van der Waals surface area contributed by atoms with Crippen LogP contribution in [0.1, 0.15) is 5.56 Å². The van der Waals surface area contributed by atoms with Gasteiger partial charge in [-0.3, -0.25) is 4.68 Å². The third-order valence-corrected chi connectivity index (χ3v) is 3.12. The summed E-state index contributed by atoms with van der Waals surface area (Å²) in [5.41, 5.74) is 3.11. The summed E-state index contributed by atoms with van der Waals surface area (Å²) in [4.78, 5) is 8.45. The molecule has 2 heterocycles. The Kier molecular flexibility index (Phi) is 2.93. The lowest BCUT2D eigenvalue weighted by Crippen LogP contribution is -1.95. The van der Waals surface area contributed by atoms with E-state index in [1.807, 2.05) is 24.3 Å².